The van der Waals surface area contributed by atoms with E-state index in [9.17, 15) is 5.11 Å². The van der Waals surface area contributed by atoms with Gasteiger partial charge in [-0.3, -0.25) is 0 Å². The molecule has 0 saturated carbocycles. The van der Waals surface area contributed by atoms with Gasteiger partial charge in [-0.25, -0.2) is 4.99 Å². The second-order valence-electron chi connectivity index (χ2n) is 7.53. The van der Waals surface area contributed by atoms with Crippen molar-refractivity contribution < 1.29 is 9.84 Å². The fourth-order valence-electron chi connectivity index (χ4n) is 3.10. The van der Waals surface area contributed by atoms with Crippen molar-refractivity contribution >= 4 is 29.9 Å². The Morgan fingerprint density at radius 2 is 1.76 bits per heavy atom. The van der Waals surface area contributed by atoms with E-state index >= 15 is 0 Å². The maximum absolute atomic E-state index is 10.8. The number of aliphatic hydroxyl groups is 1. The van der Waals surface area contributed by atoms with Crippen LogP contribution in [0.5, 0.6) is 5.75 Å². The van der Waals surface area contributed by atoms with E-state index in [1.165, 1.54) is 0 Å². The molecule has 0 bridgehead atoms. The molecule has 1 aromatic rings. The van der Waals surface area contributed by atoms with Gasteiger partial charge in [0.25, 0.3) is 0 Å². The van der Waals surface area contributed by atoms with Crippen LogP contribution in [0.2, 0.25) is 0 Å². The molecule has 0 atom stereocenters. The quantitative estimate of drug-likeness (QED) is 0.211. The van der Waals surface area contributed by atoms with Crippen LogP contribution in [0.15, 0.2) is 29.3 Å². The molecule has 0 radical (unpaired) electrons. The average molecular weight is 521 g/mol. The van der Waals surface area contributed by atoms with Crippen molar-refractivity contribution in [2.45, 2.75) is 58.6 Å². The first-order valence-corrected chi connectivity index (χ1v) is 10.5. The summed E-state index contributed by atoms with van der Waals surface area (Å²) < 4.78 is 5.93. The molecule has 0 aliphatic carbocycles. The normalized spacial score (nSPS) is 11.9. The standard InChI is InChI=1S/C22H40N4O2.HI/c1-6-13-22(27,14-7-2)18-25-21(23-8-3)24-17-19-11-9-10-12-20(19)28-16-15-26(4)5;/h9-12,27H,6-8,13-18H2,1-5H3,(H2,23,24,25);1H. The first-order chi connectivity index (χ1) is 13.4. The topological polar surface area (TPSA) is 69.1 Å². The summed E-state index contributed by atoms with van der Waals surface area (Å²) >= 11 is 0. The molecular weight excluding hydrogens is 479 g/mol. The highest BCUT2D eigenvalue weighted by atomic mass is 127. The van der Waals surface area contributed by atoms with Crippen LogP contribution in [-0.4, -0.2) is 61.9 Å². The fraction of sp³-hybridized carbons (Fsp3) is 0.682. The summed E-state index contributed by atoms with van der Waals surface area (Å²) in [4.78, 5) is 6.80. The third-order valence-corrected chi connectivity index (χ3v) is 4.54. The number of rotatable bonds is 13. The number of likely N-dealkylation sites (N-methyl/N-ethyl adjacent to an activating group) is 1. The monoisotopic (exact) mass is 520 g/mol. The fourth-order valence-corrected chi connectivity index (χ4v) is 3.10. The minimum Gasteiger partial charge on any atom is -0.492 e. The van der Waals surface area contributed by atoms with E-state index in [4.69, 9.17) is 9.73 Å². The lowest BCUT2D eigenvalue weighted by Gasteiger charge is -2.28. The van der Waals surface area contributed by atoms with Gasteiger partial charge in [-0.2, -0.15) is 0 Å². The highest BCUT2D eigenvalue weighted by Crippen LogP contribution is 2.20. The summed E-state index contributed by atoms with van der Waals surface area (Å²) in [6.07, 6.45) is 3.50. The van der Waals surface area contributed by atoms with Crippen molar-refractivity contribution in [2.75, 3.05) is 40.3 Å². The summed E-state index contributed by atoms with van der Waals surface area (Å²) in [6, 6.07) is 8.02. The number of para-hydroxylation sites is 1. The maximum atomic E-state index is 10.8. The van der Waals surface area contributed by atoms with Gasteiger partial charge in [-0.1, -0.05) is 44.9 Å². The molecule has 0 aromatic heterocycles. The van der Waals surface area contributed by atoms with E-state index in [1.807, 2.05) is 45.3 Å². The second-order valence-corrected chi connectivity index (χ2v) is 7.53. The molecule has 0 fully saturated rings. The second kappa shape index (κ2) is 15.7. The van der Waals surface area contributed by atoms with Gasteiger partial charge in [0.2, 0.25) is 0 Å². The van der Waals surface area contributed by atoms with Crippen LogP contribution in [0.3, 0.4) is 0 Å². The lowest BCUT2D eigenvalue weighted by molar-refractivity contribution is 0.0257. The van der Waals surface area contributed by atoms with Crippen LogP contribution in [0.1, 0.15) is 52.0 Å². The van der Waals surface area contributed by atoms with Gasteiger partial charge in [-0.15, -0.1) is 24.0 Å². The van der Waals surface area contributed by atoms with Gasteiger partial charge in [0.15, 0.2) is 5.96 Å². The average Bonchev–Trinajstić information content (AvgIpc) is 2.65. The zero-order valence-electron chi connectivity index (χ0n) is 18.8. The minimum absolute atomic E-state index is 0. The molecule has 1 aromatic carbocycles. The number of hydrogen-bond acceptors (Lipinski definition) is 4. The summed E-state index contributed by atoms with van der Waals surface area (Å²) in [6.45, 7) is 9.56. The van der Waals surface area contributed by atoms with E-state index in [2.05, 4.69) is 29.4 Å². The number of benzene rings is 1. The summed E-state index contributed by atoms with van der Waals surface area (Å²) in [5.74, 6) is 1.59. The van der Waals surface area contributed by atoms with Crippen molar-refractivity contribution in [1.29, 1.82) is 0 Å². The molecule has 0 amide bonds. The van der Waals surface area contributed by atoms with Crippen molar-refractivity contribution in [3.8, 4) is 5.75 Å². The van der Waals surface area contributed by atoms with Gasteiger partial charge >= 0.3 is 0 Å². The molecule has 29 heavy (non-hydrogen) atoms. The SMILES string of the molecule is CCCC(O)(CCC)CNC(=NCc1ccccc1OCCN(C)C)NCC.I. The Bertz CT molecular complexity index is 576. The van der Waals surface area contributed by atoms with Crippen LogP contribution >= 0.6 is 24.0 Å². The predicted molar refractivity (Wildman–Crippen MR) is 133 cm³/mol. The van der Waals surface area contributed by atoms with Crippen LogP contribution in [0.25, 0.3) is 0 Å². The first kappa shape index (κ1) is 27.9. The molecule has 168 valence electrons. The molecule has 0 unspecified atom stereocenters. The summed E-state index contributed by atoms with van der Waals surface area (Å²) in [5, 5.41) is 17.4. The number of ether oxygens (including phenoxy) is 1. The van der Waals surface area contributed by atoms with E-state index in [0.717, 1.165) is 56.0 Å². The molecule has 0 aliphatic heterocycles. The molecule has 0 saturated heterocycles. The first-order valence-electron chi connectivity index (χ1n) is 10.5. The Hall–Kier alpha value is -1.06. The van der Waals surface area contributed by atoms with Crippen molar-refractivity contribution in [3.63, 3.8) is 0 Å². The van der Waals surface area contributed by atoms with Gasteiger partial charge in [0.1, 0.15) is 12.4 Å². The Balaban J connectivity index is 0.00000784. The molecule has 0 spiro atoms. The minimum atomic E-state index is -0.688. The number of halogens is 1. The van der Waals surface area contributed by atoms with E-state index in [1.54, 1.807) is 0 Å². The lowest BCUT2D eigenvalue weighted by atomic mass is 9.93. The van der Waals surface area contributed by atoms with Crippen LogP contribution in [-0.2, 0) is 6.54 Å². The summed E-state index contributed by atoms with van der Waals surface area (Å²) in [7, 11) is 4.07. The predicted octanol–water partition coefficient (Wildman–Crippen LogP) is 3.63. The van der Waals surface area contributed by atoms with Crippen LogP contribution < -0.4 is 15.4 Å². The Kier molecular flexibility index (Phi) is 15.2. The molecule has 3 N–H and O–H groups in total. The van der Waals surface area contributed by atoms with E-state index in [0.29, 0.717) is 19.7 Å². The van der Waals surface area contributed by atoms with Crippen LogP contribution in [0, 0.1) is 0 Å². The van der Waals surface area contributed by atoms with Crippen molar-refractivity contribution in [1.82, 2.24) is 15.5 Å². The summed E-state index contributed by atoms with van der Waals surface area (Å²) in [5.41, 5.74) is 0.364. The van der Waals surface area contributed by atoms with E-state index < -0.39 is 5.60 Å². The maximum Gasteiger partial charge on any atom is 0.191 e. The Labute approximate surface area is 194 Å². The third-order valence-electron chi connectivity index (χ3n) is 4.54. The molecule has 0 heterocycles. The zero-order valence-corrected chi connectivity index (χ0v) is 21.2. The van der Waals surface area contributed by atoms with Crippen LogP contribution in [0.4, 0.5) is 0 Å². The molecule has 7 heteroatoms. The Morgan fingerprint density at radius 1 is 1.10 bits per heavy atom. The van der Waals surface area contributed by atoms with Crippen molar-refractivity contribution in [2.24, 2.45) is 4.99 Å². The number of aliphatic imine (C=N–C) groups is 1. The number of nitrogens with zero attached hydrogens (tertiary/aromatic N) is 2. The largest absolute Gasteiger partial charge is 0.492 e. The lowest BCUT2D eigenvalue weighted by Crippen LogP contribution is -2.47. The number of nitrogens with one attached hydrogen (secondary N) is 2. The van der Waals surface area contributed by atoms with Gasteiger partial charge in [-0.05, 0) is 39.9 Å². The Morgan fingerprint density at radius 3 is 2.34 bits per heavy atom. The zero-order chi connectivity index (χ0) is 20.8. The smallest absolute Gasteiger partial charge is 0.191 e. The van der Waals surface area contributed by atoms with Crippen molar-refractivity contribution in [3.05, 3.63) is 29.8 Å². The highest BCUT2D eigenvalue weighted by molar-refractivity contribution is 14.0. The molecule has 6 nitrogen and oxygen atoms in total. The highest BCUT2D eigenvalue weighted by Gasteiger charge is 2.24. The third kappa shape index (κ3) is 11.6. The molecule has 1 rings (SSSR count). The number of guanidine groups is 1. The van der Waals surface area contributed by atoms with Gasteiger partial charge < -0.3 is 25.4 Å². The molecule has 0 aliphatic rings. The van der Waals surface area contributed by atoms with Gasteiger partial charge in [0.05, 0.1) is 12.1 Å². The van der Waals surface area contributed by atoms with E-state index in [-0.39, 0.29) is 24.0 Å². The number of hydrogen-bond donors (Lipinski definition) is 3. The molecular formula is C22H41IN4O2. The van der Waals surface area contributed by atoms with Gasteiger partial charge in [0, 0.05) is 25.2 Å².